The number of aliphatic hydroxyl groups excluding tert-OH is 1. The van der Waals surface area contributed by atoms with E-state index >= 15 is 0 Å². The zero-order valence-corrected chi connectivity index (χ0v) is 9.96. The molecule has 0 spiro atoms. The second kappa shape index (κ2) is 4.87. The Labute approximate surface area is 100 Å². The van der Waals surface area contributed by atoms with Crippen LogP contribution in [0.25, 0.3) is 0 Å². The second-order valence-corrected chi connectivity index (χ2v) is 4.73. The van der Waals surface area contributed by atoms with E-state index in [-0.39, 0.29) is 12.5 Å². The van der Waals surface area contributed by atoms with Crippen LogP contribution in [0.1, 0.15) is 12.8 Å². The largest absolute Gasteiger partial charge is 0.481 e. The smallest absolute Gasteiger partial charge is 0.306 e. The molecule has 0 radical (unpaired) electrons. The highest BCUT2D eigenvalue weighted by molar-refractivity contribution is 5.88. The van der Waals surface area contributed by atoms with E-state index in [1.54, 1.807) is 0 Å². The monoisotopic (exact) mass is 238 g/mol. The van der Waals surface area contributed by atoms with Crippen molar-refractivity contribution >= 4 is 11.8 Å². The first-order valence-corrected chi connectivity index (χ1v) is 5.90. The molecule has 1 aliphatic carbocycles. The number of likely N-dealkylation sites (N-methyl/N-ethyl adjacent to an activating group) is 1. The van der Waals surface area contributed by atoms with Gasteiger partial charge in [-0.1, -0.05) is 6.08 Å². The van der Waals surface area contributed by atoms with E-state index in [1.165, 1.54) is 0 Å². The van der Waals surface area contributed by atoms with Crippen LogP contribution in [0, 0.1) is 11.8 Å². The molecule has 2 atom stereocenters. The Morgan fingerprint density at radius 3 is 2.94 bits per heavy atom. The number of rotatable bonds is 3. The topological polar surface area (TPSA) is 73.1 Å². The van der Waals surface area contributed by atoms with Crippen molar-refractivity contribution in [2.24, 2.45) is 16.8 Å². The Kier molecular flexibility index (Phi) is 3.47. The van der Waals surface area contributed by atoms with Crippen molar-refractivity contribution in [2.45, 2.75) is 12.8 Å². The molecule has 1 aliphatic heterocycles. The normalized spacial score (nSPS) is 28.9. The summed E-state index contributed by atoms with van der Waals surface area (Å²) < 4.78 is 0. The molecule has 0 aromatic carbocycles. The molecule has 1 heterocycles. The van der Waals surface area contributed by atoms with Crippen LogP contribution >= 0.6 is 0 Å². The Hall–Kier alpha value is -1.36. The third-order valence-electron chi connectivity index (χ3n) is 3.47. The van der Waals surface area contributed by atoms with Crippen molar-refractivity contribution in [3.05, 3.63) is 11.6 Å². The number of aliphatic carboxylic acids is 1. The lowest BCUT2D eigenvalue weighted by molar-refractivity contribution is -0.142. The second-order valence-electron chi connectivity index (χ2n) is 4.73. The lowest BCUT2D eigenvalue weighted by Gasteiger charge is -2.28. The Bertz CT molecular complexity index is 376. The van der Waals surface area contributed by atoms with Gasteiger partial charge in [-0.3, -0.25) is 9.79 Å². The van der Waals surface area contributed by atoms with Gasteiger partial charge < -0.3 is 15.1 Å². The maximum Gasteiger partial charge on any atom is 0.306 e. The average molecular weight is 238 g/mol. The number of carboxylic acid groups (broad SMARTS) is 1. The molecule has 0 aromatic heterocycles. The van der Waals surface area contributed by atoms with Crippen molar-refractivity contribution in [2.75, 3.05) is 26.7 Å². The van der Waals surface area contributed by atoms with E-state index in [0.717, 1.165) is 24.5 Å². The van der Waals surface area contributed by atoms with Crippen LogP contribution in [0.2, 0.25) is 0 Å². The van der Waals surface area contributed by atoms with Crippen molar-refractivity contribution in [1.29, 1.82) is 0 Å². The molecule has 5 heteroatoms. The third-order valence-corrected chi connectivity index (χ3v) is 3.47. The molecule has 0 aromatic rings. The van der Waals surface area contributed by atoms with E-state index in [4.69, 9.17) is 5.11 Å². The number of amidine groups is 1. The van der Waals surface area contributed by atoms with Gasteiger partial charge in [-0.15, -0.1) is 0 Å². The molecular weight excluding hydrogens is 220 g/mol. The SMILES string of the molecule is CN1CCN=C1C1C=C(CO)CC(C(=O)O)C1. The van der Waals surface area contributed by atoms with E-state index in [9.17, 15) is 9.90 Å². The molecule has 94 valence electrons. The highest BCUT2D eigenvalue weighted by Gasteiger charge is 2.32. The molecule has 0 amide bonds. The number of carboxylic acids is 1. The minimum atomic E-state index is -0.782. The minimum Gasteiger partial charge on any atom is -0.481 e. The fourth-order valence-corrected chi connectivity index (χ4v) is 2.56. The lowest BCUT2D eigenvalue weighted by atomic mass is 9.81. The molecule has 2 unspecified atom stereocenters. The number of hydrogen-bond acceptors (Lipinski definition) is 4. The predicted octanol–water partition coefficient (Wildman–Crippen LogP) is 0.360. The van der Waals surface area contributed by atoms with Crippen molar-refractivity contribution < 1.29 is 15.0 Å². The summed E-state index contributed by atoms with van der Waals surface area (Å²) in [6.45, 7) is 1.62. The van der Waals surface area contributed by atoms with Crippen LogP contribution in [-0.4, -0.2) is 53.7 Å². The van der Waals surface area contributed by atoms with Crippen LogP contribution in [0.4, 0.5) is 0 Å². The van der Waals surface area contributed by atoms with Gasteiger partial charge in [-0.05, 0) is 18.4 Å². The summed E-state index contributed by atoms with van der Waals surface area (Å²) in [6.07, 6.45) is 3.03. The van der Waals surface area contributed by atoms with Crippen molar-refractivity contribution in [3.63, 3.8) is 0 Å². The van der Waals surface area contributed by atoms with E-state index in [1.807, 2.05) is 13.1 Å². The summed E-state index contributed by atoms with van der Waals surface area (Å²) in [5.41, 5.74) is 0.816. The number of hydrogen-bond donors (Lipinski definition) is 2. The summed E-state index contributed by atoms with van der Waals surface area (Å²) in [6, 6.07) is 0. The maximum atomic E-state index is 11.1. The quantitative estimate of drug-likeness (QED) is 0.696. The van der Waals surface area contributed by atoms with Crippen molar-refractivity contribution in [1.82, 2.24) is 4.90 Å². The van der Waals surface area contributed by atoms with E-state index in [0.29, 0.717) is 12.8 Å². The van der Waals surface area contributed by atoms with Gasteiger partial charge in [0, 0.05) is 19.5 Å². The van der Waals surface area contributed by atoms with E-state index < -0.39 is 11.9 Å². The van der Waals surface area contributed by atoms with Crippen LogP contribution < -0.4 is 0 Å². The predicted molar refractivity (Wildman–Crippen MR) is 64.0 cm³/mol. The van der Waals surface area contributed by atoms with Crippen molar-refractivity contribution in [3.8, 4) is 0 Å². The Morgan fingerprint density at radius 1 is 1.65 bits per heavy atom. The average Bonchev–Trinajstić information content (AvgIpc) is 2.74. The summed E-state index contributed by atoms with van der Waals surface area (Å²) in [7, 11) is 1.97. The maximum absolute atomic E-state index is 11.1. The minimum absolute atomic E-state index is 0.0412. The zero-order valence-electron chi connectivity index (χ0n) is 9.96. The first-order chi connectivity index (χ1) is 8.11. The molecule has 2 N–H and O–H groups in total. The fraction of sp³-hybridized carbons (Fsp3) is 0.667. The standard InChI is InChI=1S/C12H18N2O3/c1-14-3-2-13-11(14)9-4-8(7-15)5-10(6-9)12(16)17/h4,9-10,15H,2-3,5-7H2,1H3,(H,16,17). The number of carbonyl (C=O) groups is 1. The Balaban J connectivity index is 2.19. The summed E-state index contributed by atoms with van der Waals surface area (Å²) in [5.74, 6) is -0.180. The van der Waals surface area contributed by atoms with Crippen LogP contribution in [0.3, 0.4) is 0 Å². The summed E-state index contributed by atoms with van der Waals surface area (Å²) >= 11 is 0. The van der Waals surface area contributed by atoms with Gasteiger partial charge in [0.15, 0.2) is 0 Å². The molecule has 17 heavy (non-hydrogen) atoms. The molecule has 5 nitrogen and oxygen atoms in total. The zero-order chi connectivity index (χ0) is 12.4. The lowest BCUT2D eigenvalue weighted by Crippen LogP contribution is -2.33. The molecule has 0 fully saturated rings. The summed E-state index contributed by atoms with van der Waals surface area (Å²) in [5, 5.41) is 18.3. The highest BCUT2D eigenvalue weighted by Crippen LogP contribution is 2.30. The van der Waals surface area contributed by atoms with Crippen LogP contribution in [0.5, 0.6) is 0 Å². The van der Waals surface area contributed by atoms with Gasteiger partial charge in [-0.2, -0.15) is 0 Å². The third kappa shape index (κ3) is 2.49. The molecule has 0 saturated heterocycles. The molecule has 2 rings (SSSR count). The summed E-state index contributed by atoms with van der Waals surface area (Å²) in [4.78, 5) is 17.6. The molecule has 0 bridgehead atoms. The fourth-order valence-electron chi connectivity index (χ4n) is 2.56. The highest BCUT2D eigenvalue weighted by atomic mass is 16.4. The number of aliphatic imine (C=N–C) groups is 1. The number of aliphatic hydroxyl groups is 1. The van der Waals surface area contributed by atoms with Gasteiger partial charge in [0.1, 0.15) is 5.84 Å². The molecule has 0 saturated carbocycles. The Morgan fingerprint density at radius 2 is 2.41 bits per heavy atom. The van der Waals surface area contributed by atoms with Crippen LogP contribution in [0.15, 0.2) is 16.6 Å². The molecule has 2 aliphatic rings. The van der Waals surface area contributed by atoms with E-state index in [2.05, 4.69) is 9.89 Å². The molecular formula is C12H18N2O3. The van der Waals surface area contributed by atoms with Gasteiger partial charge in [-0.25, -0.2) is 0 Å². The first-order valence-electron chi connectivity index (χ1n) is 5.90. The van der Waals surface area contributed by atoms with Crippen LogP contribution in [-0.2, 0) is 4.79 Å². The van der Waals surface area contributed by atoms with Gasteiger partial charge >= 0.3 is 5.97 Å². The number of nitrogens with zero attached hydrogens (tertiary/aromatic N) is 2. The van der Waals surface area contributed by atoms with Gasteiger partial charge in [0.05, 0.1) is 19.1 Å². The first kappa shape index (κ1) is 12.1. The van der Waals surface area contributed by atoms with Gasteiger partial charge in [0.25, 0.3) is 0 Å². The van der Waals surface area contributed by atoms with Gasteiger partial charge in [0.2, 0.25) is 0 Å².